The Kier molecular flexibility index (Phi) is 6.03. The predicted molar refractivity (Wildman–Crippen MR) is 90.8 cm³/mol. The van der Waals surface area contributed by atoms with Crippen LogP contribution in [0.15, 0.2) is 10.5 Å². The van der Waals surface area contributed by atoms with Crippen LogP contribution < -0.4 is 5.32 Å². The van der Waals surface area contributed by atoms with Gasteiger partial charge in [-0.1, -0.05) is 19.8 Å². The zero-order valence-electron chi connectivity index (χ0n) is 13.7. The van der Waals surface area contributed by atoms with Crippen LogP contribution in [0.2, 0.25) is 0 Å². The maximum absolute atomic E-state index is 4.41. The average molecular weight is 308 g/mol. The third kappa shape index (κ3) is 4.70. The van der Waals surface area contributed by atoms with E-state index in [1.54, 1.807) is 11.3 Å². The molecule has 1 aliphatic carbocycles. The first-order chi connectivity index (χ1) is 10.1. The third-order valence-electron chi connectivity index (χ3n) is 4.49. The Bertz CT molecular complexity index is 461. The standard InChI is InChI=1S/C16H28N4S/c1-12-5-7-14(8-6-12)10-20(4)16(17-3)18-9-15-13(2)19-11-21-15/h11-12,14H,5-10H2,1-4H3,(H,17,18). The number of thiazole rings is 1. The summed E-state index contributed by atoms with van der Waals surface area (Å²) in [4.78, 5) is 12.3. The number of aliphatic imine (C=N–C) groups is 1. The Morgan fingerprint density at radius 3 is 2.71 bits per heavy atom. The van der Waals surface area contributed by atoms with Crippen LogP contribution in [0, 0.1) is 18.8 Å². The number of aromatic nitrogens is 1. The van der Waals surface area contributed by atoms with Crippen LogP contribution in [-0.2, 0) is 6.54 Å². The molecule has 0 atom stereocenters. The Morgan fingerprint density at radius 2 is 2.14 bits per heavy atom. The molecule has 0 aromatic carbocycles. The van der Waals surface area contributed by atoms with Crippen LogP contribution in [0.4, 0.5) is 0 Å². The van der Waals surface area contributed by atoms with Crippen molar-refractivity contribution in [3.05, 3.63) is 16.1 Å². The van der Waals surface area contributed by atoms with E-state index in [1.165, 1.54) is 30.6 Å². The second-order valence-electron chi connectivity index (χ2n) is 6.27. The molecule has 21 heavy (non-hydrogen) atoms. The summed E-state index contributed by atoms with van der Waals surface area (Å²) in [6, 6.07) is 0. The quantitative estimate of drug-likeness (QED) is 0.685. The van der Waals surface area contributed by atoms with Gasteiger partial charge in [0, 0.05) is 25.5 Å². The van der Waals surface area contributed by atoms with E-state index in [0.29, 0.717) is 0 Å². The normalized spacial score (nSPS) is 23.1. The van der Waals surface area contributed by atoms with E-state index >= 15 is 0 Å². The van der Waals surface area contributed by atoms with Gasteiger partial charge >= 0.3 is 0 Å². The largest absolute Gasteiger partial charge is 0.351 e. The molecule has 0 radical (unpaired) electrons. The fourth-order valence-corrected chi connectivity index (χ4v) is 3.74. The molecule has 0 spiro atoms. The molecule has 0 unspecified atom stereocenters. The van der Waals surface area contributed by atoms with Crippen molar-refractivity contribution >= 4 is 17.3 Å². The smallest absolute Gasteiger partial charge is 0.193 e. The summed E-state index contributed by atoms with van der Waals surface area (Å²) in [6.45, 7) is 6.35. The van der Waals surface area contributed by atoms with E-state index in [9.17, 15) is 0 Å². The molecule has 4 nitrogen and oxygen atoms in total. The van der Waals surface area contributed by atoms with Crippen molar-refractivity contribution in [2.75, 3.05) is 20.6 Å². The summed E-state index contributed by atoms with van der Waals surface area (Å²) >= 11 is 1.70. The average Bonchev–Trinajstić information content (AvgIpc) is 2.88. The number of aryl methyl sites for hydroxylation is 1. The van der Waals surface area contributed by atoms with Crippen molar-refractivity contribution in [2.24, 2.45) is 16.8 Å². The van der Waals surface area contributed by atoms with Gasteiger partial charge in [0.05, 0.1) is 17.7 Å². The molecule has 1 N–H and O–H groups in total. The molecule has 1 fully saturated rings. The van der Waals surface area contributed by atoms with Crippen LogP contribution in [0.5, 0.6) is 0 Å². The summed E-state index contributed by atoms with van der Waals surface area (Å²) in [5, 5.41) is 3.46. The third-order valence-corrected chi connectivity index (χ3v) is 5.43. The minimum Gasteiger partial charge on any atom is -0.351 e. The van der Waals surface area contributed by atoms with Crippen molar-refractivity contribution in [2.45, 2.75) is 46.1 Å². The zero-order chi connectivity index (χ0) is 15.2. The van der Waals surface area contributed by atoms with E-state index in [1.807, 2.05) is 12.6 Å². The fraction of sp³-hybridized carbons (Fsp3) is 0.750. The lowest BCUT2D eigenvalue weighted by Crippen LogP contribution is -2.41. The maximum Gasteiger partial charge on any atom is 0.193 e. The number of hydrogen-bond acceptors (Lipinski definition) is 3. The number of nitrogens with zero attached hydrogens (tertiary/aromatic N) is 3. The highest BCUT2D eigenvalue weighted by Gasteiger charge is 2.20. The van der Waals surface area contributed by atoms with E-state index in [-0.39, 0.29) is 0 Å². The number of guanidine groups is 1. The van der Waals surface area contributed by atoms with Gasteiger partial charge in [0.2, 0.25) is 0 Å². The highest BCUT2D eigenvalue weighted by Crippen LogP contribution is 2.28. The molecule has 0 saturated heterocycles. The Hall–Kier alpha value is -1.10. The fourth-order valence-electron chi connectivity index (χ4n) is 3.03. The number of hydrogen-bond donors (Lipinski definition) is 1. The van der Waals surface area contributed by atoms with Crippen LogP contribution >= 0.6 is 11.3 Å². The molecule has 0 bridgehead atoms. The zero-order valence-corrected chi connectivity index (χ0v) is 14.5. The lowest BCUT2D eigenvalue weighted by atomic mass is 9.83. The second-order valence-corrected chi connectivity index (χ2v) is 7.21. The van der Waals surface area contributed by atoms with Gasteiger partial charge in [0.25, 0.3) is 0 Å². The summed E-state index contributed by atoms with van der Waals surface area (Å²) in [7, 11) is 4.01. The molecule has 1 aliphatic rings. The Labute approximate surface area is 132 Å². The number of rotatable bonds is 4. The van der Waals surface area contributed by atoms with Crippen molar-refractivity contribution < 1.29 is 0 Å². The molecular formula is C16H28N4S. The van der Waals surface area contributed by atoms with Crippen molar-refractivity contribution in [3.8, 4) is 0 Å². The van der Waals surface area contributed by atoms with Crippen LogP contribution in [0.3, 0.4) is 0 Å². The van der Waals surface area contributed by atoms with Crippen molar-refractivity contribution in [1.29, 1.82) is 0 Å². The molecule has 5 heteroatoms. The molecule has 0 aliphatic heterocycles. The topological polar surface area (TPSA) is 40.5 Å². The molecule has 118 valence electrons. The van der Waals surface area contributed by atoms with Gasteiger partial charge in [0.15, 0.2) is 5.96 Å². The van der Waals surface area contributed by atoms with Gasteiger partial charge in [-0.25, -0.2) is 4.98 Å². The van der Waals surface area contributed by atoms with Crippen LogP contribution in [-0.4, -0.2) is 36.5 Å². The molecule has 0 amide bonds. The van der Waals surface area contributed by atoms with Gasteiger partial charge in [-0.05, 0) is 31.6 Å². The van der Waals surface area contributed by atoms with E-state index in [0.717, 1.165) is 36.6 Å². The first-order valence-corrected chi connectivity index (χ1v) is 8.78. The summed E-state index contributed by atoms with van der Waals surface area (Å²) < 4.78 is 0. The lowest BCUT2D eigenvalue weighted by molar-refractivity contribution is 0.250. The minimum absolute atomic E-state index is 0.815. The minimum atomic E-state index is 0.815. The highest BCUT2D eigenvalue weighted by atomic mass is 32.1. The Morgan fingerprint density at radius 1 is 1.43 bits per heavy atom. The van der Waals surface area contributed by atoms with Gasteiger partial charge < -0.3 is 10.2 Å². The summed E-state index contributed by atoms with van der Waals surface area (Å²) in [5.41, 5.74) is 3.02. The first kappa shape index (κ1) is 16.3. The summed E-state index contributed by atoms with van der Waals surface area (Å²) in [6.07, 6.45) is 5.47. The van der Waals surface area contributed by atoms with Crippen LogP contribution in [0.1, 0.15) is 43.2 Å². The predicted octanol–water partition coefficient (Wildman–Crippen LogP) is 3.29. The van der Waals surface area contributed by atoms with Crippen LogP contribution in [0.25, 0.3) is 0 Å². The molecule has 1 aromatic heterocycles. The van der Waals surface area contributed by atoms with Gasteiger partial charge in [-0.3, -0.25) is 4.99 Å². The first-order valence-electron chi connectivity index (χ1n) is 7.91. The highest BCUT2D eigenvalue weighted by molar-refractivity contribution is 7.09. The van der Waals surface area contributed by atoms with E-state index in [2.05, 4.69) is 41.1 Å². The second kappa shape index (κ2) is 7.78. The molecule has 2 rings (SSSR count). The number of nitrogens with one attached hydrogen (secondary N) is 1. The SMILES string of the molecule is CN=C(NCc1scnc1C)N(C)CC1CCC(C)CC1. The molecule has 1 saturated carbocycles. The van der Waals surface area contributed by atoms with Gasteiger partial charge in [-0.15, -0.1) is 11.3 Å². The maximum atomic E-state index is 4.41. The lowest BCUT2D eigenvalue weighted by Gasteiger charge is -2.31. The molecular weight excluding hydrogens is 280 g/mol. The van der Waals surface area contributed by atoms with Crippen molar-refractivity contribution in [3.63, 3.8) is 0 Å². The van der Waals surface area contributed by atoms with Gasteiger partial charge in [-0.2, -0.15) is 0 Å². The summed E-state index contributed by atoms with van der Waals surface area (Å²) in [5.74, 6) is 2.72. The Balaban J connectivity index is 1.81. The van der Waals surface area contributed by atoms with E-state index in [4.69, 9.17) is 0 Å². The van der Waals surface area contributed by atoms with Crippen molar-refractivity contribution in [1.82, 2.24) is 15.2 Å². The monoisotopic (exact) mass is 308 g/mol. The van der Waals surface area contributed by atoms with E-state index < -0.39 is 0 Å². The molecule has 1 heterocycles. The van der Waals surface area contributed by atoms with Gasteiger partial charge in [0.1, 0.15) is 0 Å². The molecule has 1 aromatic rings.